The molecule has 0 saturated heterocycles. The molecule has 0 radical (unpaired) electrons. The summed E-state index contributed by atoms with van der Waals surface area (Å²) in [5.74, 6) is -0.0593. The Labute approximate surface area is 255 Å². The fourth-order valence-corrected chi connectivity index (χ4v) is 5.91. The highest BCUT2D eigenvalue weighted by Gasteiger charge is 2.51. The number of benzene rings is 3. The Bertz CT molecular complexity index is 1850. The first-order valence-corrected chi connectivity index (χ1v) is 14.3. The van der Waals surface area contributed by atoms with Crippen LogP contribution in [0.1, 0.15) is 52.7 Å². The fourth-order valence-electron chi connectivity index (χ4n) is 5.91. The Morgan fingerprint density at radius 2 is 1.87 bits per heavy atom. The third kappa shape index (κ3) is 5.80. The van der Waals surface area contributed by atoms with Gasteiger partial charge in [0.2, 0.25) is 6.39 Å². The van der Waals surface area contributed by atoms with Crippen molar-refractivity contribution in [2.45, 2.75) is 44.3 Å². The van der Waals surface area contributed by atoms with Gasteiger partial charge in [0, 0.05) is 47.0 Å². The molecule has 5 aromatic rings. The van der Waals surface area contributed by atoms with Crippen molar-refractivity contribution in [3.63, 3.8) is 0 Å². The highest BCUT2D eigenvalue weighted by atomic mass is 19.3. The Morgan fingerprint density at radius 3 is 2.53 bits per heavy atom. The maximum atomic E-state index is 13.7. The number of carbonyl (C=O) groups excluding carboxylic acids is 2. The molecule has 1 amide bonds. The quantitative estimate of drug-likeness (QED) is 0.158. The molecular weight excluding hydrogens is 591 g/mol. The van der Waals surface area contributed by atoms with E-state index in [2.05, 4.69) is 20.2 Å². The van der Waals surface area contributed by atoms with Gasteiger partial charge in [-0.15, -0.1) is 0 Å². The van der Waals surface area contributed by atoms with Crippen LogP contribution in [0, 0.1) is 5.82 Å². The van der Waals surface area contributed by atoms with Gasteiger partial charge in [0.1, 0.15) is 22.9 Å². The monoisotopic (exact) mass is 619 g/mol. The van der Waals surface area contributed by atoms with Crippen LogP contribution in [-0.2, 0) is 10.2 Å². The van der Waals surface area contributed by atoms with Crippen molar-refractivity contribution < 1.29 is 41.2 Å². The molecule has 2 heterocycles. The molecule has 0 aliphatic heterocycles. The number of hydrogen-bond donors (Lipinski definition) is 1. The number of nitrogens with one attached hydrogen (secondary N) is 1. The molecule has 232 valence electrons. The molecular formula is C33H28F3N3O6. The summed E-state index contributed by atoms with van der Waals surface area (Å²) < 4.78 is 60.9. The van der Waals surface area contributed by atoms with E-state index >= 15 is 0 Å². The second kappa shape index (κ2) is 12.2. The predicted octanol–water partition coefficient (Wildman–Crippen LogP) is 6.96. The summed E-state index contributed by atoms with van der Waals surface area (Å²) in [6, 6.07) is 16.0. The van der Waals surface area contributed by atoms with E-state index in [1.165, 1.54) is 31.3 Å². The average molecular weight is 620 g/mol. The molecule has 0 atom stereocenters. The van der Waals surface area contributed by atoms with E-state index in [-0.39, 0.29) is 42.2 Å². The molecule has 1 N–H and O–H groups in total. The minimum atomic E-state index is -2.92. The zero-order chi connectivity index (χ0) is 31.7. The number of nitrogens with zero attached hydrogens (tertiary/aromatic N) is 2. The standard InChI is InChI=1S/C33H28F3N3O6/c1-3-42-26-13-27-24(28(30(41)37-2)29(45-27)18-7-9-21(34)10-8-18)12-23(26)19-5-4-6-20(11-19)25(40)16-33(31-38-17-43-39-31)14-22(15-33)44-32(35)36/h4-13,17,22,32H,3,14-16H2,1-2H3,(H,37,41). The van der Waals surface area contributed by atoms with Gasteiger partial charge in [0.05, 0.1) is 18.3 Å². The smallest absolute Gasteiger partial charge is 0.345 e. The lowest BCUT2D eigenvalue weighted by atomic mass is 9.63. The molecule has 0 unspecified atom stereocenters. The van der Waals surface area contributed by atoms with Gasteiger partial charge in [-0.2, -0.15) is 13.8 Å². The van der Waals surface area contributed by atoms with Crippen molar-refractivity contribution in [1.29, 1.82) is 0 Å². The second-order valence-corrected chi connectivity index (χ2v) is 10.8. The number of aromatic nitrogens is 2. The molecule has 9 nitrogen and oxygen atoms in total. The number of halogens is 3. The maximum Gasteiger partial charge on any atom is 0.345 e. The van der Waals surface area contributed by atoms with E-state index in [4.69, 9.17) is 13.7 Å². The van der Waals surface area contributed by atoms with Crippen molar-refractivity contribution in [3.05, 3.63) is 89.8 Å². The predicted molar refractivity (Wildman–Crippen MR) is 157 cm³/mol. The SMILES string of the molecule is CCOc1cc2oc(-c3ccc(F)cc3)c(C(=O)NC)c2cc1-c1cccc(C(=O)CC2(c3ncon3)CC(OC(F)F)C2)c1. The lowest BCUT2D eigenvalue weighted by molar-refractivity contribution is -0.196. The first-order chi connectivity index (χ1) is 21.7. The molecule has 1 aliphatic carbocycles. The van der Waals surface area contributed by atoms with Crippen LogP contribution in [-0.4, -0.2) is 48.2 Å². The lowest BCUT2D eigenvalue weighted by Gasteiger charge is -2.44. The number of hydrogen-bond acceptors (Lipinski definition) is 8. The molecule has 0 bridgehead atoms. The molecule has 12 heteroatoms. The number of Topliss-reactive ketones (excluding diaryl/α,β-unsaturated/α-hetero) is 1. The highest BCUT2D eigenvalue weighted by Crippen LogP contribution is 2.48. The van der Waals surface area contributed by atoms with Gasteiger partial charge < -0.3 is 23.7 Å². The normalized spacial score (nSPS) is 17.8. The summed E-state index contributed by atoms with van der Waals surface area (Å²) in [4.78, 5) is 30.9. The van der Waals surface area contributed by atoms with E-state index in [0.29, 0.717) is 45.6 Å². The zero-order valence-electron chi connectivity index (χ0n) is 24.3. The van der Waals surface area contributed by atoms with E-state index in [1.807, 2.05) is 13.0 Å². The first-order valence-electron chi connectivity index (χ1n) is 14.3. The van der Waals surface area contributed by atoms with Crippen molar-refractivity contribution in [2.24, 2.45) is 0 Å². The number of ketones is 1. The van der Waals surface area contributed by atoms with Gasteiger partial charge in [0.25, 0.3) is 5.91 Å². The third-order valence-corrected chi connectivity index (χ3v) is 8.01. The Balaban J connectivity index is 1.38. The van der Waals surface area contributed by atoms with Gasteiger partial charge in [-0.05, 0) is 61.7 Å². The third-order valence-electron chi connectivity index (χ3n) is 8.01. The second-order valence-electron chi connectivity index (χ2n) is 10.8. The van der Waals surface area contributed by atoms with Crippen LogP contribution in [0.5, 0.6) is 5.75 Å². The Hall–Kier alpha value is -4.97. The van der Waals surface area contributed by atoms with Crippen molar-refractivity contribution in [2.75, 3.05) is 13.7 Å². The number of carbonyl (C=O) groups is 2. The summed E-state index contributed by atoms with van der Waals surface area (Å²) in [5, 5.41) is 7.04. The minimum Gasteiger partial charge on any atom is -0.493 e. The van der Waals surface area contributed by atoms with Crippen LogP contribution in [0.15, 0.2) is 76.0 Å². The Morgan fingerprint density at radius 1 is 1.09 bits per heavy atom. The largest absolute Gasteiger partial charge is 0.493 e. The number of amides is 1. The summed E-state index contributed by atoms with van der Waals surface area (Å²) in [6.45, 7) is -0.759. The topological polar surface area (TPSA) is 117 Å². The van der Waals surface area contributed by atoms with Gasteiger partial charge in [-0.3, -0.25) is 9.59 Å². The lowest BCUT2D eigenvalue weighted by Crippen LogP contribution is -2.48. The highest BCUT2D eigenvalue weighted by molar-refractivity contribution is 6.12. The van der Waals surface area contributed by atoms with E-state index in [9.17, 15) is 22.8 Å². The minimum absolute atomic E-state index is 0.0416. The molecule has 2 aromatic heterocycles. The molecule has 1 fully saturated rings. The van der Waals surface area contributed by atoms with E-state index in [0.717, 1.165) is 6.39 Å². The van der Waals surface area contributed by atoms with Crippen LogP contribution >= 0.6 is 0 Å². The first kappa shape index (κ1) is 30.1. The summed E-state index contributed by atoms with van der Waals surface area (Å²) in [5.41, 5.74) is 1.90. The van der Waals surface area contributed by atoms with Crippen LogP contribution in [0.2, 0.25) is 0 Å². The summed E-state index contributed by atoms with van der Waals surface area (Å²) >= 11 is 0. The van der Waals surface area contributed by atoms with Crippen LogP contribution in [0.4, 0.5) is 13.2 Å². The summed E-state index contributed by atoms with van der Waals surface area (Å²) in [7, 11) is 1.51. The Kier molecular flexibility index (Phi) is 8.15. The molecule has 6 rings (SSSR count). The maximum absolute atomic E-state index is 13.7. The van der Waals surface area contributed by atoms with E-state index in [1.54, 1.807) is 30.3 Å². The zero-order valence-corrected chi connectivity index (χ0v) is 24.3. The van der Waals surface area contributed by atoms with Crippen molar-refractivity contribution >= 4 is 22.7 Å². The van der Waals surface area contributed by atoms with Gasteiger partial charge in [-0.1, -0.05) is 23.4 Å². The molecule has 1 aliphatic rings. The van der Waals surface area contributed by atoms with Gasteiger partial charge >= 0.3 is 6.61 Å². The number of furan rings is 1. The fraction of sp³-hybridized carbons (Fsp3) is 0.273. The number of fused-ring (bicyclic) bond motifs is 1. The number of rotatable bonds is 11. The van der Waals surface area contributed by atoms with E-state index < -0.39 is 29.9 Å². The molecule has 0 spiro atoms. The van der Waals surface area contributed by atoms with Gasteiger partial charge in [0.15, 0.2) is 11.6 Å². The van der Waals surface area contributed by atoms with Crippen LogP contribution in [0.3, 0.4) is 0 Å². The number of ether oxygens (including phenoxy) is 2. The molecule has 1 saturated carbocycles. The van der Waals surface area contributed by atoms with Crippen molar-refractivity contribution in [3.8, 4) is 28.2 Å². The van der Waals surface area contributed by atoms with Crippen molar-refractivity contribution in [1.82, 2.24) is 15.5 Å². The van der Waals surface area contributed by atoms with Gasteiger partial charge in [-0.25, -0.2) is 4.39 Å². The summed E-state index contributed by atoms with van der Waals surface area (Å²) in [6.07, 6.45) is 0.658. The number of alkyl halides is 2. The van der Waals surface area contributed by atoms with Crippen LogP contribution in [0.25, 0.3) is 33.4 Å². The molecule has 3 aromatic carbocycles. The average Bonchev–Trinajstić information content (AvgIpc) is 3.68. The van der Waals surface area contributed by atoms with Crippen LogP contribution < -0.4 is 10.1 Å². The molecule has 45 heavy (non-hydrogen) atoms.